The first-order chi connectivity index (χ1) is 11.0. The van der Waals surface area contributed by atoms with Crippen LogP contribution >= 0.6 is 0 Å². The second-order valence-electron chi connectivity index (χ2n) is 5.87. The Hall–Kier alpha value is -2.41. The molecule has 0 saturated carbocycles. The van der Waals surface area contributed by atoms with Crippen molar-refractivity contribution < 1.29 is 9.32 Å². The third-order valence-corrected chi connectivity index (χ3v) is 4.05. The summed E-state index contributed by atoms with van der Waals surface area (Å²) in [6, 6.07) is 4.95. The Bertz CT molecular complexity index is 757. The second-order valence-corrected chi connectivity index (χ2v) is 5.87. The monoisotopic (exact) mass is 316 g/mol. The number of aryl methyl sites for hydroxylation is 2. The zero-order valence-electron chi connectivity index (χ0n) is 13.4. The van der Waals surface area contributed by atoms with Crippen LogP contribution in [0, 0.1) is 6.92 Å². The Morgan fingerprint density at radius 3 is 2.61 bits per heavy atom. The third kappa shape index (κ3) is 3.50. The molecule has 0 bridgehead atoms. The fourth-order valence-electron chi connectivity index (χ4n) is 2.72. The summed E-state index contributed by atoms with van der Waals surface area (Å²) >= 11 is 0. The van der Waals surface area contributed by atoms with E-state index in [9.17, 15) is 9.59 Å². The molecule has 0 radical (unpaired) electrons. The van der Waals surface area contributed by atoms with Gasteiger partial charge in [-0.25, -0.2) is 0 Å². The average Bonchev–Trinajstić information content (AvgIpc) is 2.95. The van der Waals surface area contributed by atoms with Gasteiger partial charge in [0.05, 0.1) is 17.8 Å². The summed E-state index contributed by atoms with van der Waals surface area (Å²) in [5.74, 6) is 0.816. The van der Waals surface area contributed by atoms with Crippen LogP contribution in [0.25, 0.3) is 0 Å². The van der Waals surface area contributed by atoms with Crippen molar-refractivity contribution in [1.29, 1.82) is 0 Å². The Kier molecular flexibility index (Phi) is 4.29. The minimum atomic E-state index is -0.117. The maximum Gasteiger partial charge on any atom is 0.255 e. The van der Waals surface area contributed by atoms with E-state index < -0.39 is 0 Å². The van der Waals surface area contributed by atoms with E-state index in [-0.39, 0.29) is 11.5 Å². The zero-order valence-corrected chi connectivity index (χ0v) is 13.4. The number of rotatable bonds is 3. The number of amides is 1. The Morgan fingerprint density at radius 2 is 2.00 bits per heavy atom. The molecule has 0 atom stereocenters. The molecule has 1 fully saturated rings. The first-order valence-corrected chi connectivity index (χ1v) is 7.63. The van der Waals surface area contributed by atoms with Crippen LogP contribution in [-0.4, -0.2) is 51.6 Å². The summed E-state index contributed by atoms with van der Waals surface area (Å²) in [5.41, 5.74) is 1.31. The lowest BCUT2D eigenvalue weighted by Crippen LogP contribution is -2.48. The van der Waals surface area contributed by atoms with Crippen LogP contribution in [0.5, 0.6) is 0 Å². The van der Waals surface area contributed by atoms with E-state index in [4.69, 9.17) is 4.52 Å². The number of aromatic nitrogens is 2. The fourth-order valence-corrected chi connectivity index (χ4v) is 2.72. The topological polar surface area (TPSA) is 71.6 Å². The number of pyridine rings is 1. The van der Waals surface area contributed by atoms with Gasteiger partial charge in [-0.2, -0.15) is 0 Å². The van der Waals surface area contributed by atoms with Crippen LogP contribution in [0.4, 0.5) is 0 Å². The van der Waals surface area contributed by atoms with Gasteiger partial charge in [-0.05, 0) is 13.0 Å². The summed E-state index contributed by atoms with van der Waals surface area (Å²) < 4.78 is 6.66. The van der Waals surface area contributed by atoms with Crippen LogP contribution < -0.4 is 5.56 Å². The summed E-state index contributed by atoms with van der Waals surface area (Å²) in [5, 5.41) is 3.89. The van der Waals surface area contributed by atoms with Crippen molar-refractivity contribution in [3.63, 3.8) is 0 Å². The van der Waals surface area contributed by atoms with Crippen molar-refractivity contribution >= 4 is 5.91 Å². The lowest BCUT2D eigenvalue weighted by Gasteiger charge is -2.34. The van der Waals surface area contributed by atoms with Gasteiger partial charge in [-0.3, -0.25) is 14.5 Å². The molecule has 23 heavy (non-hydrogen) atoms. The van der Waals surface area contributed by atoms with Crippen molar-refractivity contribution in [3.8, 4) is 0 Å². The first kappa shape index (κ1) is 15.5. The normalized spacial score (nSPS) is 15.8. The molecular weight excluding hydrogens is 296 g/mol. The highest BCUT2D eigenvalue weighted by molar-refractivity contribution is 5.94. The van der Waals surface area contributed by atoms with Crippen LogP contribution in [0.1, 0.15) is 21.8 Å². The molecule has 3 heterocycles. The lowest BCUT2D eigenvalue weighted by molar-refractivity contribution is 0.0616. The zero-order chi connectivity index (χ0) is 16.4. The van der Waals surface area contributed by atoms with Gasteiger partial charge in [-0.1, -0.05) is 5.16 Å². The third-order valence-electron chi connectivity index (χ3n) is 4.05. The number of carbonyl (C=O) groups is 1. The molecule has 1 amide bonds. The van der Waals surface area contributed by atoms with Crippen molar-refractivity contribution in [1.82, 2.24) is 19.5 Å². The van der Waals surface area contributed by atoms with Gasteiger partial charge in [-0.15, -0.1) is 0 Å². The van der Waals surface area contributed by atoms with E-state index in [0.29, 0.717) is 25.2 Å². The number of nitrogens with zero attached hydrogens (tertiary/aromatic N) is 4. The number of hydrogen-bond acceptors (Lipinski definition) is 5. The highest BCUT2D eigenvalue weighted by atomic mass is 16.5. The molecule has 0 unspecified atom stereocenters. The van der Waals surface area contributed by atoms with Crippen molar-refractivity contribution in [3.05, 3.63) is 51.8 Å². The Labute approximate surface area is 134 Å². The van der Waals surface area contributed by atoms with Crippen molar-refractivity contribution in [2.75, 3.05) is 26.2 Å². The van der Waals surface area contributed by atoms with E-state index in [0.717, 1.165) is 24.5 Å². The van der Waals surface area contributed by atoms with Crippen LogP contribution in [-0.2, 0) is 13.6 Å². The lowest BCUT2D eigenvalue weighted by atomic mass is 10.2. The van der Waals surface area contributed by atoms with Crippen LogP contribution in [0.2, 0.25) is 0 Å². The standard InChI is InChI=1S/C16H20N4O3/c1-12-9-14(23-17-12)11-19-5-7-20(8-6-19)16(22)13-3-4-15(21)18(2)10-13/h3-4,9-10H,5-8,11H2,1-2H3. The molecule has 0 aromatic carbocycles. The maximum absolute atomic E-state index is 12.5. The van der Waals surface area contributed by atoms with E-state index >= 15 is 0 Å². The molecule has 1 aliphatic rings. The fraction of sp³-hybridized carbons (Fsp3) is 0.438. The second kappa shape index (κ2) is 6.37. The molecule has 0 spiro atoms. The largest absolute Gasteiger partial charge is 0.360 e. The molecule has 2 aromatic heterocycles. The SMILES string of the molecule is Cc1cc(CN2CCN(C(=O)c3ccc(=O)n(C)c3)CC2)on1. The first-order valence-electron chi connectivity index (χ1n) is 7.63. The molecule has 1 aliphatic heterocycles. The average molecular weight is 316 g/mol. The minimum absolute atomic E-state index is 0.0317. The summed E-state index contributed by atoms with van der Waals surface area (Å²) in [4.78, 5) is 28.0. The predicted molar refractivity (Wildman–Crippen MR) is 84.1 cm³/mol. The van der Waals surface area contributed by atoms with Crippen LogP contribution in [0.15, 0.2) is 33.7 Å². The van der Waals surface area contributed by atoms with Crippen molar-refractivity contribution in [2.45, 2.75) is 13.5 Å². The molecule has 7 heteroatoms. The molecule has 1 saturated heterocycles. The van der Waals surface area contributed by atoms with Gasteiger partial charge in [0.15, 0.2) is 5.76 Å². The van der Waals surface area contributed by atoms with E-state index in [1.165, 1.54) is 10.6 Å². The summed E-state index contributed by atoms with van der Waals surface area (Å²) in [6.45, 7) is 5.51. The predicted octanol–water partition coefficient (Wildman–Crippen LogP) is 0.640. The number of hydrogen-bond donors (Lipinski definition) is 0. The minimum Gasteiger partial charge on any atom is -0.360 e. The Morgan fingerprint density at radius 1 is 1.26 bits per heavy atom. The van der Waals surface area contributed by atoms with Gasteiger partial charge in [0.2, 0.25) is 5.56 Å². The highest BCUT2D eigenvalue weighted by Gasteiger charge is 2.23. The van der Waals surface area contributed by atoms with Gasteiger partial charge in [0.25, 0.3) is 5.91 Å². The molecule has 0 aliphatic carbocycles. The Balaban J connectivity index is 1.58. The molecule has 3 rings (SSSR count). The quantitative estimate of drug-likeness (QED) is 0.831. The van der Waals surface area contributed by atoms with E-state index in [1.807, 2.05) is 17.9 Å². The van der Waals surface area contributed by atoms with Gasteiger partial charge >= 0.3 is 0 Å². The van der Waals surface area contributed by atoms with Crippen LogP contribution in [0.3, 0.4) is 0 Å². The van der Waals surface area contributed by atoms with Crippen molar-refractivity contribution in [2.24, 2.45) is 7.05 Å². The smallest absolute Gasteiger partial charge is 0.255 e. The molecule has 122 valence electrons. The van der Waals surface area contributed by atoms with E-state index in [1.54, 1.807) is 19.3 Å². The molecular formula is C16H20N4O3. The van der Waals surface area contributed by atoms with Gasteiger partial charge in [0.1, 0.15) is 0 Å². The summed E-state index contributed by atoms with van der Waals surface area (Å²) in [6.07, 6.45) is 1.59. The summed E-state index contributed by atoms with van der Waals surface area (Å²) in [7, 11) is 1.65. The number of carbonyl (C=O) groups excluding carboxylic acids is 1. The van der Waals surface area contributed by atoms with E-state index in [2.05, 4.69) is 10.1 Å². The molecule has 7 nitrogen and oxygen atoms in total. The van der Waals surface area contributed by atoms with Gasteiger partial charge in [0, 0.05) is 51.6 Å². The maximum atomic E-state index is 12.5. The molecule has 2 aromatic rings. The number of piperazine rings is 1. The van der Waals surface area contributed by atoms with Gasteiger partial charge < -0.3 is 14.0 Å². The highest BCUT2D eigenvalue weighted by Crippen LogP contribution is 2.11. The molecule has 0 N–H and O–H groups in total.